The predicted octanol–water partition coefficient (Wildman–Crippen LogP) is 2.96. The van der Waals surface area contributed by atoms with Crippen LogP contribution in [0.1, 0.15) is 12.8 Å². The van der Waals surface area contributed by atoms with Crippen molar-refractivity contribution in [2.24, 2.45) is 0 Å². The van der Waals surface area contributed by atoms with Gasteiger partial charge in [0.2, 0.25) is 11.9 Å². The molecule has 0 aliphatic carbocycles. The van der Waals surface area contributed by atoms with E-state index in [9.17, 15) is 0 Å². The van der Waals surface area contributed by atoms with Crippen molar-refractivity contribution in [3.63, 3.8) is 0 Å². The average molecular weight is 306 g/mol. The minimum absolute atomic E-state index is 0.240. The molecule has 110 valence electrons. The van der Waals surface area contributed by atoms with Crippen molar-refractivity contribution in [2.75, 3.05) is 30.4 Å². The first-order valence-electron chi connectivity index (χ1n) is 6.87. The number of hydrogen-bond donors (Lipinski definition) is 1. The highest BCUT2D eigenvalue weighted by molar-refractivity contribution is 6.32. The van der Waals surface area contributed by atoms with Crippen LogP contribution in [-0.2, 0) is 0 Å². The number of aromatic nitrogens is 3. The lowest BCUT2D eigenvalue weighted by molar-refractivity contribution is 0.440. The van der Waals surface area contributed by atoms with Gasteiger partial charge in [0, 0.05) is 20.1 Å². The molecule has 21 heavy (non-hydrogen) atoms. The Balaban J connectivity index is 1.90. The topological polar surface area (TPSA) is 63.2 Å². The number of anilines is 2. The molecule has 6 nitrogen and oxygen atoms in total. The summed E-state index contributed by atoms with van der Waals surface area (Å²) in [5.74, 6) is 1.64. The van der Waals surface area contributed by atoms with Crippen LogP contribution in [0.5, 0.6) is 11.8 Å². The van der Waals surface area contributed by atoms with Crippen molar-refractivity contribution in [3.8, 4) is 11.8 Å². The van der Waals surface area contributed by atoms with Gasteiger partial charge in [-0.3, -0.25) is 0 Å². The second kappa shape index (κ2) is 6.13. The molecule has 3 rings (SSSR count). The quantitative estimate of drug-likeness (QED) is 0.937. The molecule has 0 spiro atoms. The zero-order valence-electron chi connectivity index (χ0n) is 11.7. The van der Waals surface area contributed by atoms with Crippen LogP contribution < -0.4 is 15.0 Å². The van der Waals surface area contributed by atoms with Gasteiger partial charge < -0.3 is 15.0 Å². The van der Waals surface area contributed by atoms with Gasteiger partial charge in [0.25, 0.3) is 0 Å². The Kier molecular flexibility index (Phi) is 4.06. The van der Waals surface area contributed by atoms with Crippen LogP contribution in [0.15, 0.2) is 24.3 Å². The van der Waals surface area contributed by atoms with E-state index >= 15 is 0 Å². The molecule has 7 heteroatoms. The molecule has 0 amide bonds. The fraction of sp³-hybridized carbons (Fsp3) is 0.357. The minimum Gasteiger partial charge on any atom is -0.423 e. The maximum atomic E-state index is 6.09. The molecule has 0 radical (unpaired) electrons. The van der Waals surface area contributed by atoms with Crippen LogP contribution in [0, 0.1) is 0 Å². The first-order chi connectivity index (χ1) is 10.3. The molecule has 1 N–H and O–H groups in total. The molecule has 1 aromatic carbocycles. The molecule has 0 bridgehead atoms. The highest BCUT2D eigenvalue weighted by Gasteiger charge is 2.18. The lowest BCUT2D eigenvalue weighted by atomic mass is 10.3. The zero-order chi connectivity index (χ0) is 14.7. The molecular formula is C14H16ClN5O. The summed E-state index contributed by atoms with van der Waals surface area (Å²) in [6.07, 6.45) is 2.31. The molecule has 0 saturated carbocycles. The van der Waals surface area contributed by atoms with E-state index in [1.807, 2.05) is 12.1 Å². The Morgan fingerprint density at radius 1 is 1.14 bits per heavy atom. The number of nitrogens with zero attached hydrogens (tertiary/aromatic N) is 4. The van der Waals surface area contributed by atoms with Gasteiger partial charge in [0.15, 0.2) is 0 Å². The smallest absolute Gasteiger partial charge is 0.328 e. The van der Waals surface area contributed by atoms with Gasteiger partial charge in [-0.15, -0.1) is 0 Å². The number of nitrogens with one attached hydrogen (secondary N) is 1. The molecule has 0 unspecified atom stereocenters. The molecule has 1 aliphatic rings. The van der Waals surface area contributed by atoms with Crippen molar-refractivity contribution < 1.29 is 4.74 Å². The van der Waals surface area contributed by atoms with Gasteiger partial charge in [-0.1, -0.05) is 23.7 Å². The standard InChI is InChI=1S/C14H16ClN5O/c1-16-12-17-13(20-8-4-5-9-20)19-14(18-12)21-11-7-3-2-6-10(11)15/h2-3,6-7H,4-5,8-9H2,1H3,(H,16,17,18,19). The first-order valence-corrected chi connectivity index (χ1v) is 7.25. The minimum atomic E-state index is 0.240. The lowest BCUT2D eigenvalue weighted by Crippen LogP contribution is -2.21. The number of hydrogen-bond acceptors (Lipinski definition) is 6. The van der Waals surface area contributed by atoms with Gasteiger partial charge in [0.1, 0.15) is 5.75 Å². The van der Waals surface area contributed by atoms with Gasteiger partial charge in [0.05, 0.1) is 5.02 Å². The summed E-state index contributed by atoms with van der Waals surface area (Å²) in [6, 6.07) is 7.48. The third-order valence-electron chi connectivity index (χ3n) is 3.25. The molecule has 2 heterocycles. The van der Waals surface area contributed by atoms with Crippen LogP contribution in [0.2, 0.25) is 5.02 Å². The molecule has 2 aromatic rings. The van der Waals surface area contributed by atoms with Gasteiger partial charge in [-0.05, 0) is 25.0 Å². The fourth-order valence-corrected chi connectivity index (χ4v) is 2.36. The van der Waals surface area contributed by atoms with Crippen molar-refractivity contribution in [1.29, 1.82) is 0 Å². The van der Waals surface area contributed by atoms with E-state index in [1.54, 1.807) is 19.2 Å². The average Bonchev–Trinajstić information content (AvgIpc) is 3.04. The molecule has 1 aromatic heterocycles. The highest BCUT2D eigenvalue weighted by atomic mass is 35.5. The van der Waals surface area contributed by atoms with Crippen LogP contribution >= 0.6 is 11.6 Å². The summed E-state index contributed by atoms with van der Waals surface area (Å²) in [5, 5.41) is 3.45. The van der Waals surface area contributed by atoms with E-state index in [0.29, 0.717) is 22.7 Å². The van der Waals surface area contributed by atoms with Crippen LogP contribution in [0.4, 0.5) is 11.9 Å². The number of ether oxygens (including phenoxy) is 1. The van der Waals surface area contributed by atoms with Crippen molar-refractivity contribution in [2.45, 2.75) is 12.8 Å². The fourth-order valence-electron chi connectivity index (χ4n) is 2.19. The van der Waals surface area contributed by atoms with E-state index < -0.39 is 0 Å². The monoisotopic (exact) mass is 305 g/mol. The van der Waals surface area contributed by atoms with Crippen molar-refractivity contribution in [1.82, 2.24) is 15.0 Å². The maximum Gasteiger partial charge on any atom is 0.328 e. The van der Waals surface area contributed by atoms with Gasteiger partial charge >= 0.3 is 6.01 Å². The predicted molar refractivity (Wildman–Crippen MR) is 82.3 cm³/mol. The number of benzene rings is 1. The Morgan fingerprint density at radius 3 is 2.62 bits per heavy atom. The van der Waals surface area contributed by atoms with E-state index in [0.717, 1.165) is 25.9 Å². The Hall–Kier alpha value is -2.08. The highest BCUT2D eigenvalue weighted by Crippen LogP contribution is 2.28. The largest absolute Gasteiger partial charge is 0.423 e. The SMILES string of the molecule is CNc1nc(Oc2ccccc2Cl)nc(N2CCCC2)n1. The summed E-state index contributed by atoms with van der Waals surface area (Å²) in [6.45, 7) is 1.91. The molecule has 1 aliphatic heterocycles. The third kappa shape index (κ3) is 3.16. The number of para-hydroxylation sites is 1. The Morgan fingerprint density at radius 2 is 1.90 bits per heavy atom. The molecule has 0 atom stereocenters. The first kappa shape index (κ1) is 13.9. The summed E-state index contributed by atoms with van der Waals surface area (Å²) < 4.78 is 5.69. The van der Waals surface area contributed by atoms with E-state index in [2.05, 4.69) is 25.2 Å². The molecule has 1 saturated heterocycles. The summed E-state index contributed by atoms with van der Waals surface area (Å²) >= 11 is 6.09. The van der Waals surface area contributed by atoms with Gasteiger partial charge in [-0.25, -0.2) is 0 Å². The van der Waals surface area contributed by atoms with Crippen LogP contribution in [-0.4, -0.2) is 35.1 Å². The van der Waals surface area contributed by atoms with Gasteiger partial charge in [-0.2, -0.15) is 15.0 Å². The molecule has 1 fully saturated rings. The van der Waals surface area contributed by atoms with Crippen molar-refractivity contribution in [3.05, 3.63) is 29.3 Å². The lowest BCUT2D eigenvalue weighted by Gasteiger charge is -2.16. The summed E-state index contributed by atoms with van der Waals surface area (Å²) in [7, 11) is 1.77. The maximum absolute atomic E-state index is 6.09. The number of rotatable bonds is 4. The second-order valence-electron chi connectivity index (χ2n) is 4.72. The number of halogens is 1. The zero-order valence-corrected chi connectivity index (χ0v) is 12.5. The molecular weight excluding hydrogens is 290 g/mol. The second-order valence-corrected chi connectivity index (χ2v) is 5.13. The van der Waals surface area contributed by atoms with Crippen LogP contribution in [0.25, 0.3) is 0 Å². The van der Waals surface area contributed by atoms with Crippen molar-refractivity contribution >= 4 is 23.5 Å². The Labute approximate surface area is 128 Å². The van der Waals surface area contributed by atoms with Crippen LogP contribution in [0.3, 0.4) is 0 Å². The summed E-state index contributed by atoms with van der Waals surface area (Å²) in [4.78, 5) is 15.1. The van der Waals surface area contributed by atoms with E-state index in [1.165, 1.54) is 0 Å². The third-order valence-corrected chi connectivity index (χ3v) is 3.57. The Bertz CT molecular complexity index is 631. The normalized spacial score (nSPS) is 14.3. The summed E-state index contributed by atoms with van der Waals surface area (Å²) in [5.41, 5.74) is 0. The van der Waals surface area contributed by atoms with E-state index in [4.69, 9.17) is 16.3 Å². The van der Waals surface area contributed by atoms with E-state index in [-0.39, 0.29) is 6.01 Å².